The number of benzene rings is 1. The number of ketones is 2. The van der Waals surface area contributed by atoms with Crippen molar-refractivity contribution < 1.29 is 18.0 Å². The first kappa shape index (κ1) is 17.2. The van der Waals surface area contributed by atoms with Crippen molar-refractivity contribution in [2.75, 3.05) is 11.6 Å². The molecule has 128 valence electrons. The van der Waals surface area contributed by atoms with Gasteiger partial charge in [0.05, 0.1) is 0 Å². The lowest BCUT2D eigenvalue weighted by Crippen LogP contribution is -2.31. The molecule has 1 aliphatic carbocycles. The summed E-state index contributed by atoms with van der Waals surface area (Å²) >= 11 is 5.96. The number of hydrogen-bond donors (Lipinski definition) is 1. The number of Topliss-reactive ketones (excluding diaryl/α,β-unsaturated/α-hetero) is 2. The smallest absolute Gasteiger partial charge is 0.231 e. The van der Waals surface area contributed by atoms with E-state index in [9.17, 15) is 18.0 Å². The first-order chi connectivity index (χ1) is 11.7. The average Bonchev–Trinajstić information content (AvgIpc) is 2.54. The fraction of sp³-hybridized carbons (Fsp3) is 0.125. The zero-order chi connectivity index (χ0) is 18.4. The maximum Gasteiger partial charge on any atom is 0.231 e. The molecular weight excluding hydrogens is 366 g/mol. The number of sulfone groups is 1. The van der Waals surface area contributed by atoms with Gasteiger partial charge in [-0.05, 0) is 24.6 Å². The highest BCUT2D eigenvalue weighted by Crippen LogP contribution is 2.30. The fourth-order valence-electron chi connectivity index (χ4n) is 2.44. The predicted molar refractivity (Wildman–Crippen MR) is 92.4 cm³/mol. The van der Waals surface area contributed by atoms with Gasteiger partial charge in [0.2, 0.25) is 11.6 Å². The van der Waals surface area contributed by atoms with E-state index in [4.69, 9.17) is 11.6 Å². The molecule has 1 aliphatic rings. The summed E-state index contributed by atoms with van der Waals surface area (Å²) in [5.74, 6) is -1.59. The summed E-state index contributed by atoms with van der Waals surface area (Å²) in [5, 5.41) is 3.14. The van der Waals surface area contributed by atoms with E-state index in [1.807, 2.05) is 0 Å². The van der Waals surface area contributed by atoms with Gasteiger partial charge in [-0.1, -0.05) is 17.7 Å². The monoisotopic (exact) mass is 377 g/mol. The largest absolute Gasteiger partial charge is 0.351 e. The van der Waals surface area contributed by atoms with Crippen LogP contribution >= 0.6 is 11.6 Å². The SMILES string of the molecule is Cc1ccc(Cl)cc1NC1=C(S(C)(=O)=O)C(=O)c2nccnc2C1=O. The summed E-state index contributed by atoms with van der Waals surface area (Å²) in [5.41, 5.74) is 0.307. The van der Waals surface area contributed by atoms with Gasteiger partial charge in [0.25, 0.3) is 0 Å². The van der Waals surface area contributed by atoms with Crippen molar-refractivity contribution in [3.05, 3.63) is 63.2 Å². The van der Waals surface area contributed by atoms with Gasteiger partial charge in [-0.15, -0.1) is 0 Å². The minimum Gasteiger partial charge on any atom is -0.351 e. The first-order valence-electron chi connectivity index (χ1n) is 7.08. The van der Waals surface area contributed by atoms with E-state index in [0.717, 1.165) is 11.8 Å². The predicted octanol–water partition coefficient (Wildman–Crippen LogP) is 2.19. The van der Waals surface area contributed by atoms with Crippen LogP contribution in [0.15, 0.2) is 41.2 Å². The Morgan fingerprint density at radius 2 is 1.64 bits per heavy atom. The van der Waals surface area contributed by atoms with Crippen LogP contribution in [0.25, 0.3) is 0 Å². The zero-order valence-electron chi connectivity index (χ0n) is 13.2. The van der Waals surface area contributed by atoms with Crippen LogP contribution in [-0.4, -0.2) is 36.2 Å². The second kappa shape index (κ2) is 6.05. The molecule has 1 heterocycles. The van der Waals surface area contributed by atoms with Crippen LogP contribution in [0.2, 0.25) is 5.02 Å². The molecule has 2 aromatic rings. The highest BCUT2D eigenvalue weighted by molar-refractivity contribution is 7.95. The van der Waals surface area contributed by atoms with E-state index in [1.54, 1.807) is 19.1 Å². The Balaban J connectivity index is 2.24. The van der Waals surface area contributed by atoms with E-state index in [1.165, 1.54) is 18.5 Å². The van der Waals surface area contributed by atoms with Crippen LogP contribution in [0.5, 0.6) is 0 Å². The minimum atomic E-state index is -4.00. The van der Waals surface area contributed by atoms with Crippen molar-refractivity contribution in [3.63, 3.8) is 0 Å². The van der Waals surface area contributed by atoms with Crippen molar-refractivity contribution in [1.29, 1.82) is 0 Å². The van der Waals surface area contributed by atoms with Crippen LogP contribution < -0.4 is 5.32 Å². The topological polar surface area (TPSA) is 106 Å². The minimum absolute atomic E-state index is 0.193. The first-order valence-corrected chi connectivity index (χ1v) is 9.35. The van der Waals surface area contributed by atoms with Crippen molar-refractivity contribution in [2.45, 2.75) is 6.92 Å². The Hall–Kier alpha value is -2.58. The molecule has 1 aromatic heterocycles. The van der Waals surface area contributed by atoms with Crippen LogP contribution in [0.4, 0.5) is 5.69 Å². The highest BCUT2D eigenvalue weighted by Gasteiger charge is 2.39. The number of hydrogen-bond acceptors (Lipinski definition) is 7. The molecule has 7 nitrogen and oxygen atoms in total. The number of fused-ring (bicyclic) bond motifs is 1. The Labute approximate surface area is 148 Å². The third kappa shape index (κ3) is 3.06. The number of aryl methyl sites for hydroxylation is 1. The van der Waals surface area contributed by atoms with Crippen LogP contribution in [0.1, 0.15) is 26.5 Å². The van der Waals surface area contributed by atoms with E-state index in [2.05, 4.69) is 15.3 Å². The zero-order valence-corrected chi connectivity index (χ0v) is 14.8. The second-order valence-corrected chi connectivity index (χ2v) is 7.86. The van der Waals surface area contributed by atoms with Crippen molar-refractivity contribution in [2.24, 2.45) is 0 Å². The molecule has 25 heavy (non-hydrogen) atoms. The van der Waals surface area contributed by atoms with Gasteiger partial charge in [0, 0.05) is 29.4 Å². The fourth-order valence-corrected chi connectivity index (χ4v) is 3.56. The summed E-state index contributed by atoms with van der Waals surface area (Å²) in [7, 11) is -4.00. The molecule has 9 heteroatoms. The molecule has 1 N–H and O–H groups in total. The molecular formula is C16H12ClN3O4S. The standard InChI is InChI=1S/C16H12ClN3O4S/c1-8-3-4-9(17)7-10(8)20-13-14(21)11-12(19-6-5-18-11)15(22)16(13)25(2,23)24/h3-7,20H,1-2H3. The van der Waals surface area contributed by atoms with Gasteiger partial charge >= 0.3 is 0 Å². The average molecular weight is 378 g/mol. The number of nitrogens with zero attached hydrogens (tertiary/aromatic N) is 2. The molecule has 0 aliphatic heterocycles. The molecule has 0 radical (unpaired) electrons. The summed E-state index contributed by atoms with van der Waals surface area (Å²) in [4.78, 5) is 32.4. The summed E-state index contributed by atoms with van der Waals surface area (Å²) in [6.45, 7) is 1.75. The summed E-state index contributed by atoms with van der Waals surface area (Å²) in [6.07, 6.45) is 3.35. The molecule has 0 atom stereocenters. The lowest BCUT2D eigenvalue weighted by molar-refractivity contribution is 0.0974. The van der Waals surface area contributed by atoms with Gasteiger partial charge in [0.15, 0.2) is 9.84 Å². The van der Waals surface area contributed by atoms with Gasteiger partial charge in [-0.3, -0.25) is 9.59 Å². The summed E-state index contributed by atoms with van der Waals surface area (Å²) in [6, 6.07) is 4.89. The van der Waals surface area contributed by atoms with Crippen molar-refractivity contribution in [1.82, 2.24) is 9.97 Å². The van der Waals surface area contributed by atoms with Gasteiger partial charge in [0.1, 0.15) is 22.0 Å². The van der Waals surface area contributed by atoms with Crippen molar-refractivity contribution >= 4 is 38.7 Å². The third-order valence-corrected chi connectivity index (χ3v) is 4.99. The van der Waals surface area contributed by atoms with Crippen LogP contribution in [0, 0.1) is 6.92 Å². The van der Waals surface area contributed by atoms with Crippen LogP contribution in [-0.2, 0) is 9.84 Å². The Morgan fingerprint density at radius 3 is 2.24 bits per heavy atom. The van der Waals surface area contributed by atoms with Gasteiger partial charge < -0.3 is 5.32 Å². The Kier molecular flexibility index (Phi) is 4.18. The number of anilines is 1. The highest BCUT2D eigenvalue weighted by atomic mass is 35.5. The lowest BCUT2D eigenvalue weighted by Gasteiger charge is -2.20. The van der Waals surface area contributed by atoms with E-state index in [-0.39, 0.29) is 17.1 Å². The lowest BCUT2D eigenvalue weighted by atomic mass is 10.0. The van der Waals surface area contributed by atoms with Crippen LogP contribution in [0.3, 0.4) is 0 Å². The summed E-state index contributed by atoms with van der Waals surface area (Å²) < 4.78 is 24.3. The Bertz CT molecular complexity index is 1060. The van der Waals surface area contributed by atoms with Gasteiger partial charge in [-0.25, -0.2) is 18.4 Å². The number of allylic oxidation sites excluding steroid dienone is 2. The second-order valence-electron chi connectivity index (χ2n) is 5.47. The maximum atomic E-state index is 12.7. The van der Waals surface area contributed by atoms with E-state index >= 15 is 0 Å². The van der Waals surface area contributed by atoms with Gasteiger partial charge in [-0.2, -0.15) is 0 Å². The number of halogens is 1. The molecule has 0 fully saturated rings. The number of carbonyl (C=O) groups excluding carboxylic acids is 2. The molecule has 0 spiro atoms. The molecule has 0 saturated heterocycles. The molecule has 3 rings (SSSR count). The number of aromatic nitrogens is 2. The Morgan fingerprint density at radius 1 is 1.04 bits per heavy atom. The number of nitrogens with one attached hydrogen (secondary N) is 1. The molecule has 0 unspecified atom stereocenters. The third-order valence-electron chi connectivity index (χ3n) is 3.62. The molecule has 0 amide bonds. The van der Waals surface area contributed by atoms with E-state index in [0.29, 0.717) is 10.7 Å². The molecule has 0 saturated carbocycles. The molecule has 1 aromatic carbocycles. The maximum absolute atomic E-state index is 12.7. The quantitative estimate of drug-likeness (QED) is 0.873. The van der Waals surface area contributed by atoms with Crippen molar-refractivity contribution in [3.8, 4) is 0 Å². The number of rotatable bonds is 3. The molecule has 0 bridgehead atoms. The normalized spacial score (nSPS) is 14.5. The number of carbonyl (C=O) groups is 2. The van der Waals surface area contributed by atoms with E-state index < -0.39 is 26.3 Å².